The topological polar surface area (TPSA) is 193 Å². The lowest BCUT2D eigenvalue weighted by molar-refractivity contribution is -0.221. The number of carbonyl (C=O) groups excluding carboxylic acids is 4. The number of anilines is 1. The molecule has 0 spiro atoms. The molecule has 7 rings (SSSR count). The number of aliphatic hydroxyl groups is 1. The first-order valence-corrected chi connectivity index (χ1v) is 26.0. The largest absolute Gasteiger partial charge is 0.453 e. The van der Waals surface area contributed by atoms with Gasteiger partial charge in [-0.25, -0.2) is 28.0 Å². The van der Waals surface area contributed by atoms with Crippen molar-refractivity contribution in [2.24, 2.45) is 10.8 Å². The monoisotopic (exact) mass is 1170 g/mol. The maximum Gasteiger partial charge on any atom is 0.407 e. The van der Waals surface area contributed by atoms with E-state index in [1.807, 2.05) is 29.7 Å². The summed E-state index contributed by atoms with van der Waals surface area (Å²) >= 11 is 0. The number of aryl methyl sites for hydroxylation is 1. The number of carbonyl (C=O) groups is 4. The molecule has 82 heavy (non-hydrogen) atoms. The zero-order valence-corrected chi connectivity index (χ0v) is 45.7. The van der Waals surface area contributed by atoms with Gasteiger partial charge in [0, 0.05) is 66.7 Å². The molecule has 446 valence electrons. The Kier molecular flexibility index (Phi) is 19.3. The standard InChI is InChI=1S/C55H63F10N9O8/c1-30-33(14-17-45(67-30)72-23-36-15-16-37(24-72)74(36)38-28-82-29-38)13-12-31-8-10-32(11-9-31)18-42(68-48(77)47(70-51(79)81-7)53(4,5)55(63,64)65)43(75)26-71(27-44(76)46(69-50(78)80-6)52(2,3)54(60,61)62)25-39-40(56)19-34(20-41(39)57)35-21-66-73(22-35)49(58)59/h8-11,14,17,19-22,36-38,42-43,46-47,49,75H,15-16,18,23-29H2,1-7H3,(H,68,77)(H,69,78)(H,70,79)/t36?,37?,42-,43-,46+,47+/m0/s1. The van der Waals surface area contributed by atoms with Crippen LogP contribution in [0.5, 0.6) is 0 Å². The van der Waals surface area contributed by atoms with Crippen molar-refractivity contribution < 1.29 is 82.4 Å². The molecule has 3 aliphatic heterocycles. The molecule has 2 bridgehead atoms. The van der Waals surface area contributed by atoms with Gasteiger partial charge in [-0.15, -0.1) is 0 Å². The minimum Gasteiger partial charge on any atom is -0.453 e. The van der Waals surface area contributed by atoms with Crippen molar-refractivity contribution in [3.05, 3.63) is 101 Å². The number of amides is 3. The first-order valence-electron chi connectivity index (χ1n) is 26.0. The number of ketones is 1. The molecule has 3 amide bonds. The summed E-state index contributed by atoms with van der Waals surface area (Å²) < 4.78 is 161. The Morgan fingerprint density at radius 3 is 1.89 bits per heavy atom. The number of aromatic nitrogens is 3. The molecule has 5 heterocycles. The molecular weight excluding hydrogens is 1100 g/mol. The van der Waals surface area contributed by atoms with Crippen LogP contribution in [0.4, 0.5) is 59.3 Å². The van der Waals surface area contributed by atoms with Gasteiger partial charge in [0.15, 0.2) is 5.78 Å². The Balaban J connectivity index is 1.19. The van der Waals surface area contributed by atoms with Gasteiger partial charge in [0.1, 0.15) is 29.5 Å². The van der Waals surface area contributed by atoms with Gasteiger partial charge in [0.25, 0.3) is 0 Å². The normalized spacial score (nSPS) is 18.5. The number of fused-ring (bicyclic) bond motifs is 2. The number of alkyl carbamates (subject to hydrolysis) is 2. The van der Waals surface area contributed by atoms with E-state index < -0.39 is 121 Å². The summed E-state index contributed by atoms with van der Waals surface area (Å²) in [4.78, 5) is 63.6. The zero-order chi connectivity index (χ0) is 60.2. The number of halogens is 10. The van der Waals surface area contributed by atoms with E-state index in [2.05, 4.69) is 41.5 Å². The number of hydrogen-bond acceptors (Lipinski definition) is 13. The van der Waals surface area contributed by atoms with Crippen LogP contribution in [-0.2, 0) is 36.8 Å². The van der Waals surface area contributed by atoms with E-state index >= 15 is 8.78 Å². The Labute approximate surface area is 466 Å². The molecule has 3 aliphatic rings. The quantitative estimate of drug-likeness (QED) is 0.0504. The number of nitrogens with zero attached hydrogens (tertiary/aromatic N) is 6. The van der Waals surface area contributed by atoms with E-state index in [1.165, 1.54) is 12.1 Å². The lowest BCUT2D eigenvalue weighted by Gasteiger charge is -2.48. The van der Waals surface area contributed by atoms with E-state index in [0.29, 0.717) is 68.2 Å². The third kappa shape index (κ3) is 14.2. The molecule has 0 aliphatic carbocycles. The first-order chi connectivity index (χ1) is 38.4. The molecule has 6 atom stereocenters. The summed E-state index contributed by atoms with van der Waals surface area (Å²) in [5.41, 5.74) is -5.31. The second-order valence-corrected chi connectivity index (χ2v) is 21.7. The van der Waals surface area contributed by atoms with Crippen LogP contribution in [0.15, 0.2) is 60.9 Å². The van der Waals surface area contributed by atoms with Gasteiger partial charge in [0.05, 0.1) is 74.9 Å². The number of piperazine rings is 1. The molecule has 4 aromatic rings. The van der Waals surface area contributed by atoms with Crippen molar-refractivity contribution >= 4 is 29.7 Å². The van der Waals surface area contributed by atoms with Crippen molar-refractivity contribution in [2.75, 3.05) is 58.5 Å². The number of Topliss-reactive ketones (excluding diaryl/α,β-unsaturated/α-hetero) is 1. The number of rotatable bonds is 20. The lowest BCUT2D eigenvalue weighted by Crippen LogP contribution is -2.62. The number of benzene rings is 2. The SMILES string of the molecule is COC(=O)N[C@H](C(=O)CN(Cc1c(F)cc(-c2cnn(C(F)F)c2)cc1F)C[C@H](O)[C@H](Cc1ccc(C#Cc2ccc(N3CC4CCC(C3)N4C3COC3)nc2C)cc1)NC(=O)[C@@H](NC(=O)OC)C(C)(C)C(F)(F)F)C(C)(C)C(F)(F)F. The van der Waals surface area contributed by atoms with E-state index in [1.54, 1.807) is 12.1 Å². The van der Waals surface area contributed by atoms with Crippen LogP contribution in [0, 0.1) is 41.2 Å². The molecule has 4 N–H and O–H groups in total. The highest BCUT2D eigenvalue weighted by molar-refractivity contribution is 5.90. The Bertz CT molecular complexity index is 2980. The summed E-state index contributed by atoms with van der Waals surface area (Å²) in [6.07, 6.45) is -11.9. The zero-order valence-electron chi connectivity index (χ0n) is 45.7. The van der Waals surface area contributed by atoms with Crippen molar-refractivity contribution in [1.82, 2.24) is 40.5 Å². The van der Waals surface area contributed by atoms with Crippen LogP contribution in [0.2, 0.25) is 0 Å². The van der Waals surface area contributed by atoms with Gasteiger partial charge in [0.2, 0.25) is 5.91 Å². The smallest absolute Gasteiger partial charge is 0.407 e. The third-order valence-corrected chi connectivity index (χ3v) is 15.4. The van der Waals surface area contributed by atoms with Crippen molar-refractivity contribution in [2.45, 2.75) is 122 Å². The van der Waals surface area contributed by atoms with Crippen LogP contribution in [0.1, 0.15) is 75.0 Å². The fourth-order valence-corrected chi connectivity index (χ4v) is 10.2. The highest BCUT2D eigenvalue weighted by Crippen LogP contribution is 2.42. The van der Waals surface area contributed by atoms with Crippen LogP contribution in [0.25, 0.3) is 11.1 Å². The Morgan fingerprint density at radius 1 is 0.805 bits per heavy atom. The minimum atomic E-state index is -5.19. The van der Waals surface area contributed by atoms with E-state index in [9.17, 15) is 59.4 Å². The molecule has 27 heteroatoms. The van der Waals surface area contributed by atoms with Gasteiger partial charge in [-0.2, -0.15) is 40.2 Å². The predicted octanol–water partition coefficient (Wildman–Crippen LogP) is 7.46. The number of methoxy groups -OCH3 is 2. The number of aliphatic hydroxyl groups excluding tert-OH is 1. The van der Waals surface area contributed by atoms with Crippen LogP contribution >= 0.6 is 0 Å². The predicted molar refractivity (Wildman–Crippen MR) is 276 cm³/mol. The molecule has 0 saturated carbocycles. The average molecular weight is 1170 g/mol. The van der Waals surface area contributed by atoms with E-state index in [0.717, 1.165) is 88.6 Å². The van der Waals surface area contributed by atoms with Gasteiger partial charge < -0.3 is 40.2 Å². The summed E-state index contributed by atoms with van der Waals surface area (Å²) in [6.45, 7) is 0.997. The maximum atomic E-state index is 16.1. The molecule has 3 fully saturated rings. The number of hydrogen-bond donors (Lipinski definition) is 4. The molecule has 3 saturated heterocycles. The van der Waals surface area contributed by atoms with Gasteiger partial charge >= 0.3 is 31.1 Å². The van der Waals surface area contributed by atoms with Crippen LogP contribution in [-0.4, -0.2) is 162 Å². The van der Waals surface area contributed by atoms with Gasteiger partial charge in [-0.3, -0.25) is 19.4 Å². The molecule has 2 aromatic heterocycles. The van der Waals surface area contributed by atoms with E-state index in [-0.39, 0.29) is 15.8 Å². The molecule has 17 nitrogen and oxygen atoms in total. The highest BCUT2D eigenvalue weighted by Gasteiger charge is 2.57. The second-order valence-electron chi connectivity index (χ2n) is 21.7. The molecular formula is C55H63F10N9O8. The number of ether oxygens (including phenoxy) is 3. The maximum absolute atomic E-state index is 16.1. The number of alkyl halides is 8. The Morgan fingerprint density at radius 2 is 1.38 bits per heavy atom. The van der Waals surface area contributed by atoms with Crippen molar-refractivity contribution in [1.29, 1.82) is 0 Å². The number of nitrogens with one attached hydrogen (secondary N) is 3. The third-order valence-electron chi connectivity index (χ3n) is 15.4. The summed E-state index contributed by atoms with van der Waals surface area (Å²) in [6, 6.07) is 6.03. The summed E-state index contributed by atoms with van der Waals surface area (Å²) in [5.74, 6) is 1.31. The molecule has 0 radical (unpaired) electrons. The lowest BCUT2D eigenvalue weighted by atomic mass is 9.81. The molecule has 2 unspecified atom stereocenters. The molecule has 2 aromatic carbocycles. The summed E-state index contributed by atoms with van der Waals surface area (Å²) in [5, 5.41) is 21.6. The minimum absolute atomic E-state index is 0.158. The fraction of sp³-hybridized carbons (Fsp3) is 0.527. The van der Waals surface area contributed by atoms with Crippen LogP contribution < -0.4 is 20.9 Å². The highest BCUT2D eigenvalue weighted by atomic mass is 19.4. The number of pyridine rings is 1. The van der Waals surface area contributed by atoms with Crippen LogP contribution in [0.3, 0.4) is 0 Å². The summed E-state index contributed by atoms with van der Waals surface area (Å²) in [7, 11) is 1.63. The Hall–Kier alpha value is -7.02. The fourth-order valence-electron chi connectivity index (χ4n) is 10.2. The average Bonchev–Trinajstić information content (AvgIpc) is 3.00. The van der Waals surface area contributed by atoms with Crippen molar-refractivity contribution in [3.63, 3.8) is 0 Å². The van der Waals surface area contributed by atoms with Gasteiger partial charge in [-0.1, -0.05) is 24.0 Å². The second kappa shape index (κ2) is 25.2. The van der Waals surface area contributed by atoms with Gasteiger partial charge in [-0.05, 0) is 101 Å². The first kappa shape index (κ1) is 62.6. The van der Waals surface area contributed by atoms with E-state index in [4.69, 9.17) is 9.72 Å². The van der Waals surface area contributed by atoms with Crippen molar-refractivity contribution in [3.8, 4) is 23.0 Å².